The van der Waals surface area contributed by atoms with Crippen molar-refractivity contribution in [1.29, 1.82) is 0 Å². The largest absolute Gasteiger partial charge is 0.493 e. The summed E-state index contributed by atoms with van der Waals surface area (Å²) in [7, 11) is 4.64. The van der Waals surface area contributed by atoms with E-state index in [-0.39, 0.29) is 6.61 Å². The molecular formula is C18H24N2O5S. The first-order chi connectivity index (χ1) is 12.5. The summed E-state index contributed by atoms with van der Waals surface area (Å²) in [6.45, 7) is 3.90. The molecule has 1 atom stereocenters. The molecule has 1 aromatic carbocycles. The number of thioether (sulfide) groups is 1. The third kappa shape index (κ3) is 3.90. The van der Waals surface area contributed by atoms with E-state index in [2.05, 4.69) is 10.3 Å². The molecule has 0 unspecified atom stereocenters. The number of nitrogens with zero attached hydrogens (tertiary/aromatic N) is 1. The summed E-state index contributed by atoms with van der Waals surface area (Å²) in [6, 6.07) is 3.06. The number of ether oxygens (including phenoxy) is 4. The number of hydrogen-bond donors (Lipinski definition) is 1. The van der Waals surface area contributed by atoms with Gasteiger partial charge in [0.25, 0.3) is 0 Å². The van der Waals surface area contributed by atoms with Crippen molar-refractivity contribution in [2.24, 2.45) is 4.99 Å². The fraction of sp³-hybridized carbons (Fsp3) is 0.444. The standard InChI is InChI=1S/C18H24N2O5S/c1-7-25-17(21)14-10(2)19-18(26-6)20-15(14)11-8-12(22-3)16(24-5)13(9-11)23-4/h8-9,15H,7H2,1-6H3,(H,19,20)/t15-/m1/s1. The Bertz CT molecular complexity index is 720. The van der Waals surface area contributed by atoms with Crippen molar-refractivity contribution < 1.29 is 23.7 Å². The number of hydrogen-bond acceptors (Lipinski definition) is 8. The number of carbonyl (C=O) groups is 1. The van der Waals surface area contributed by atoms with E-state index in [4.69, 9.17) is 18.9 Å². The first-order valence-electron chi connectivity index (χ1n) is 8.07. The van der Waals surface area contributed by atoms with E-state index < -0.39 is 12.0 Å². The Kier molecular flexibility index (Phi) is 6.79. The molecule has 142 valence electrons. The first kappa shape index (κ1) is 20.0. The van der Waals surface area contributed by atoms with E-state index in [1.807, 2.05) is 13.2 Å². The third-order valence-electron chi connectivity index (χ3n) is 3.91. The molecule has 1 heterocycles. The van der Waals surface area contributed by atoms with E-state index in [0.717, 1.165) is 5.56 Å². The topological polar surface area (TPSA) is 78.4 Å². The van der Waals surface area contributed by atoms with Gasteiger partial charge in [-0.05, 0) is 37.8 Å². The Labute approximate surface area is 157 Å². The van der Waals surface area contributed by atoms with Gasteiger partial charge >= 0.3 is 5.97 Å². The monoisotopic (exact) mass is 380 g/mol. The maximum Gasteiger partial charge on any atom is 0.338 e. The van der Waals surface area contributed by atoms with Crippen LogP contribution in [0.5, 0.6) is 17.2 Å². The zero-order valence-electron chi connectivity index (χ0n) is 15.8. The Morgan fingerprint density at radius 2 is 1.81 bits per heavy atom. The summed E-state index contributed by atoms with van der Waals surface area (Å²) in [5.74, 6) is 1.09. The van der Waals surface area contributed by atoms with Crippen LogP contribution in [0.15, 0.2) is 28.4 Å². The molecule has 1 aliphatic heterocycles. The molecule has 0 saturated heterocycles. The van der Waals surface area contributed by atoms with Gasteiger partial charge in [0.2, 0.25) is 5.75 Å². The molecule has 0 radical (unpaired) electrons. The molecule has 0 fully saturated rings. The van der Waals surface area contributed by atoms with Crippen molar-refractivity contribution in [3.63, 3.8) is 0 Å². The minimum atomic E-state index is -0.536. The summed E-state index contributed by atoms with van der Waals surface area (Å²) in [5.41, 5.74) is 1.91. The zero-order chi connectivity index (χ0) is 19.3. The Morgan fingerprint density at radius 1 is 1.19 bits per heavy atom. The Hall–Kier alpha value is -2.35. The molecule has 0 aliphatic carbocycles. The number of nitrogens with one attached hydrogen (secondary N) is 1. The minimum Gasteiger partial charge on any atom is -0.493 e. The Morgan fingerprint density at radius 3 is 2.27 bits per heavy atom. The third-order valence-corrected chi connectivity index (χ3v) is 4.50. The van der Waals surface area contributed by atoms with Gasteiger partial charge in [-0.15, -0.1) is 0 Å². The number of carbonyl (C=O) groups excluding carboxylic acids is 1. The van der Waals surface area contributed by atoms with Gasteiger partial charge in [0, 0.05) is 5.70 Å². The second-order valence-corrected chi connectivity index (χ2v) is 6.18. The van der Waals surface area contributed by atoms with Crippen molar-refractivity contribution in [3.05, 3.63) is 29.0 Å². The van der Waals surface area contributed by atoms with Crippen LogP contribution in [0, 0.1) is 0 Å². The molecule has 8 heteroatoms. The van der Waals surface area contributed by atoms with E-state index >= 15 is 0 Å². The summed E-state index contributed by atoms with van der Waals surface area (Å²) >= 11 is 1.47. The lowest BCUT2D eigenvalue weighted by Gasteiger charge is -2.26. The molecule has 0 aromatic heterocycles. The number of esters is 1. The van der Waals surface area contributed by atoms with Gasteiger partial charge in [-0.2, -0.15) is 0 Å². The van der Waals surface area contributed by atoms with Gasteiger partial charge in [-0.25, -0.2) is 9.79 Å². The molecule has 0 spiro atoms. The van der Waals surface area contributed by atoms with Crippen LogP contribution in [0.1, 0.15) is 25.5 Å². The number of benzene rings is 1. The highest BCUT2D eigenvalue weighted by Crippen LogP contribution is 2.43. The van der Waals surface area contributed by atoms with Crippen molar-refractivity contribution >= 4 is 22.9 Å². The summed E-state index contributed by atoms with van der Waals surface area (Å²) < 4.78 is 21.5. The van der Waals surface area contributed by atoms with Gasteiger partial charge in [0.05, 0.1) is 33.5 Å². The molecule has 7 nitrogen and oxygen atoms in total. The number of methoxy groups -OCH3 is 3. The predicted octanol–water partition coefficient (Wildman–Crippen LogP) is 2.91. The van der Waals surface area contributed by atoms with Crippen molar-refractivity contribution in [2.75, 3.05) is 34.2 Å². The van der Waals surface area contributed by atoms with Crippen molar-refractivity contribution in [3.8, 4) is 17.2 Å². The van der Waals surface area contributed by atoms with Crippen molar-refractivity contribution in [2.45, 2.75) is 19.9 Å². The lowest BCUT2D eigenvalue weighted by molar-refractivity contribution is -0.138. The van der Waals surface area contributed by atoms with Crippen LogP contribution in [-0.4, -0.2) is 45.3 Å². The highest BCUT2D eigenvalue weighted by molar-refractivity contribution is 8.13. The second kappa shape index (κ2) is 8.84. The van der Waals surface area contributed by atoms with Crippen LogP contribution in [-0.2, 0) is 9.53 Å². The summed E-state index contributed by atoms with van der Waals surface area (Å²) in [6.07, 6.45) is 1.92. The average Bonchev–Trinajstić information content (AvgIpc) is 2.65. The van der Waals surface area contributed by atoms with Crippen LogP contribution in [0.3, 0.4) is 0 Å². The highest BCUT2D eigenvalue weighted by atomic mass is 32.2. The summed E-state index contributed by atoms with van der Waals surface area (Å²) in [4.78, 5) is 17.2. The van der Waals surface area contributed by atoms with E-state index in [1.54, 1.807) is 40.4 Å². The first-order valence-corrected chi connectivity index (χ1v) is 9.29. The number of aliphatic imine (C=N–C) groups is 1. The van der Waals surface area contributed by atoms with Gasteiger partial charge in [0.15, 0.2) is 16.7 Å². The van der Waals surface area contributed by atoms with Crippen LogP contribution >= 0.6 is 11.8 Å². The average molecular weight is 380 g/mol. The van der Waals surface area contributed by atoms with Crippen LogP contribution in [0.25, 0.3) is 0 Å². The number of amidine groups is 1. The molecule has 0 amide bonds. The minimum absolute atomic E-state index is 0.288. The smallest absolute Gasteiger partial charge is 0.338 e. The lowest BCUT2D eigenvalue weighted by Crippen LogP contribution is -2.30. The number of rotatable bonds is 6. The van der Waals surface area contributed by atoms with Gasteiger partial charge in [0.1, 0.15) is 6.04 Å². The lowest BCUT2D eigenvalue weighted by atomic mass is 9.96. The molecule has 0 bridgehead atoms. The SMILES string of the molecule is CCOC(=O)C1=C(C)NC(SC)=N[C@@H]1c1cc(OC)c(OC)c(OC)c1. The van der Waals surface area contributed by atoms with Gasteiger partial charge < -0.3 is 24.3 Å². The zero-order valence-corrected chi connectivity index (χ0v) is 16.7. The molecule has 1 aromatic rings. The predicted molar refractivity (Wildman–Crippen MR) is 102 cm³/mol. The fourth-order valence-corrected chi connectivity index (χ4v) is 3.19. The summed E-state index contributed by atoms with van der Waals surface area (Å²) in [5, 5.41) is 3.86. The van der Waals surface area contributed by atoms with Crippen LogP contribution < -0.4 is 19.5 Å². The van der Waals surface area contributed by atoms with Gasteiger partial charge in [-0.3, -0.25) is 0 Å². The van der Waals surface area contributed by atoms with E-state index in [0.29, 0.717) is 33.7 Å². The maximum absolute atomic E-state index is 12.5. The fourth-order valence-electron chi connectivity index (χ4n) is 2.72. The highest BCUT2D eigenvalue weighted by Gasteiger charge is 2.31. The van der Waals surface area contributed by atoms with Crippen molar-refractivity contribution in [1.82, 2.24) is 5.32 Å². The van der Waals surface area contributed by atoms with Crippen LogP contribution in [0.4, 0.5) is 0 Å². The normalized spacial score (nSPS) is 16.5. The molecule has 0 saturated carbocycles. The molecule has 1 N–H and O–H groups in total. The van der Waals surface area contributed by atoms with E-state index in [1.165, 1.54) is 11.8 Å². The maximum atomic E-state index is 12.5. The second-order valence-electron chi connectivity index (χ2n) is 5.38. The van der Waals surface area contributed by atoms with E-state index in [9.17, 15) is 4.79 Å². The quantitative estimate of drug-likeness (QED) is 0.760. The molecule has 26 heavy (non-hydrogen) atoms. The molecule has 1 aliphatic rings. The van der Waals surface area contributed by atoms with Gasteiger partial charge in [-0.1, -0.05) is 11.8 Å². The number of allylic oxidation sites excluding steroid dienone is 1. The molecule has 2 rings (SSSR count). The van der Waals surface area contributed by atoms with Crippen LogP contribution in [0.2, 0.25) is 0 Å². The Balaban J connectivity index is 2.62. The molecular weight excluding hydrogens is 356 g/mol.